The molecule has 0 spiro atoms. The van der Waals surface area contributed by atoms with Crippen molar-refractivity contribution in [3.8, 4) is 17.0 Å². The van der Waals surface area contributed by atoms with Gasteiger partial charge in [-0.2, -0.15) is 0 Å². The van der Waals surface area contributed by atoms with Crippen LogP contribution in [-0.2, 0) is 33.8 Å². The number of hydrogen-bond donors (Lipinski definition) is 0. The molecule has 3 aromatic rings. The average molecular weight is 540 g/mol. The van der Waals surface area contributed by atoms with Crippen molar-refractivity contribution in [1.29, 1.82) is 0 Å². The molecule has 0 N–H and O–H groups in total. The number of rotatable bonds is 6. The second kappa shape index (κ2) is 10.5. The van der Waals surface area contributed by atoms with Gasteiger partial charge in [-0.3, -0.25) is 9.69 Å². The topological polar surface area (TPSA) is 64.1 Å². The third-order valence-electron chi connectivity index (χ3n) is 9.13. The summed E-state index contributed by atoms with van der Waals surface area (Å²) in [6.07, 6.45) is 3.37. The molecule has 5 heterocycles. The molecule has 0 aliphatic carbocycles. The lowest BCUT2D eigenvalue weighted by Crippen LogP contribution is -2.43. The van der Waals surface area contributed by atoms with Crippen molar-refractivity contribution in [2.75, 3.05) is 37.7 Å². The zero-order valence-corrected chi connectivity index (χ0v) is 23.4. The van der Waals surface area contributed by atoms with E-state index in [1.807, 2.05) is 18.2 Å². The van der Waals surface area contributed by atoms with Gasteiger partial charge in [-0.05, 0) is 79.1 Å². The molecule has 7 rings (SSSR count). The number of pyridine rings is 1. The van der Waals surface area contributed by atoms with Crippen molar-refractivity contribution >= 4 is 11.8 Å². The van der Waals surface area contributed by atoms with Crippen molar-refractivity contribution < 1.29 is 19.0 Å². The molecule has 4 aliphatic rings. The molecular formula is C33H37N3O4. The van der Waals surface area contributed by atoms with Gasteiger partial charge >= 0.3 is 5.97 Å². The maximum absolute atomic E-state index is 11.7. The smallest absolute Gasteiger partial charge is 0.314 e. The third kappa shape index (κ3) is 4.75. The fourth-order valence-electron chi connectivity index (χ4n) is 6.83. The van der Waals surface area contributed by atoms with Gasteiger partial charge in [0.1, 0.15) is 30.2 Å². The average Bonchev–Trinajstić information content (AvgIpc) is 3.34. The van der Waals surface area contributed by atoms with Crippen LogP contribution in [0.4, 0.5) is 5.82 Å². The number of ether oxygens (including phenoxy) is 3. The fraction of sp³-hybridized carbons (Fsp3) is 0.455. The molecule has 3 saturated heterocycles. The summed E-state index contributed by atoms with van der Waals surface area (Å²) < 4.78 is 17.4. The van der Waals surface area contributed by atoms with E-state index in [0.29, 0.717) is 25.7 Å². The molecular weight excluding hydrogens is 502 g/mol. The van der Waals surface area contributed by atoms with E-state index in [1.54, 1.807) is 0 Å². The highest BCUT2D eigenvalue weighted by atomic mass is 16.6. The zero-order valence-electron chi connectivity index (χ0n) is 23.4. The Morgan fingerprint density at radius 1 is 1.02 bits per heavy atom. The van der Waals surface area contributed by atoms with Crippen molar-refractivity contribution in [2.45, 2.75) is 58.4 Å². The standard InChI is InChI=1S/C33H37N3O4/c1-21-5-3-6-26(29-7-4-8-31(34-29)36-18-28-30(19-36)40-33(28)37)32(21)39-20-23-15-22(2)27-17-35(12-9-24(27)16-23)25-10-13-38-14-11-25/h3-8,15-16,25,28,30H,9-14,17-20H2,1-2H3/t28-,30-/m0/s1. The van der Waals surface area contributed by atoms with E-state index in [4.69, 9.17) is 19.2 Å². The summed E-state index contributed by atoms with van der Waals surface area (Å²) in [5.74, 6) is 1.63. The molecule has 7 heteroatoms. The molecule has 2 atom stereocenters. The van der Waals surface area contributed by atoms with Crippen LogP contribution in [0.15, 0.2) is 48.5 Å². The van der Waals surface area contributed by atoms with E-state index in [2.05, 4.69) is 54.0 Å². The molecule has 3 fully saturated rings. The summed E-state index contributed by atoms with van der Waals surface area (Å²) >= 11 is 0. The van der Waals surface area contributed by atoms with E-state index in [0.717, 1.165) is 74.0 Å². The summed E-state index contributed by atoms with van der Waals surface area (Å²) in [7, 11) is 0. The monoisotopic (exact) mass is 539 g/mol. The van der Waals surface area contributed by atoms with E-state index in [9.17, 15) is 4.79 Å². The molecule has 0 radical (unpaired) electrons. The Hall–Kier alpha value is -3.42. The van der Waals surface area contributed by atoms with Gasteiger partial charge in [-0.15, -0.1) is 0 Å². The number of hydrogen-bond acceptors (Lipinski definition) is 7. The van der Waals surface area contributed by atoms with Crippen LogP contribution in [0.1, 0.15) is 40.7 Å². The molecule has 0 unspecified atom stereocenters. The molecule has 1 aromatic heterocycles. The van der Waals surface area contributed by atoms with Crippen molar-refractivity contribution in [3.05, 3.63) is 76.3 Å². The minimum atomic E-state index is -0.0907. The summed E-state index contributed by atoms with van der Waals surface area (Å²) in [6.45, 7) is 10.2. The van der Waals surface area contributed by atoms with Crippen LogP contribution in [0.25, 0.3) is 11.3 Å². The Kier molecular flexibility index (Phi) is 6.72. The Bertz CT molecular complexity index is 1430. The minimum Gasteiger partial charge on any atom is -0.488 e. The normalized spacial score (nSPS) is 22.9. The highest BCUT2D eigenvalue weighted by Crippen LogP contribution is 2.36. The maximum Gasteiger partial charge on any atom is 0.314 e. The number of anilines is 1. The predicted molar refractivity (Wildman–Crippen MR) is 153 cm³/mol. The molecule has 0 bridgehead atoms. The van der Waals surface area contributed by atoms with E-state index in [-0.39, 0.29) is 18.0 Å². The van der Waals surface area contributed by atoms with E-state index < -0.39 is 0 Å². The van der Waals surface area contributed by atoms with Crippen LogP contribution in [0.2, 0.25) is 0 Å². The second-order valence-corrected chi connectivity index (χ2v) is 11.7. The van der Waals surface area contributed by atoms with Crippen molar-refractivity contribution in [3.63, 3.8) is 0 Å². The van der Waals surface area contributed by atoms with Gasteiger partial charge in [0.05, 0.1) is 12.2 Å². The first kappa shape index (κ1) is 25.5. The number of para-hydroxylation sites is 1. The minimum absolute atomic E-state index is 0.000766. The molecule has 2 aromatic carbocycles. The Labute approximate surface area is 236 Å². The van der Waals surface area contributed by atoms with Crippen LogP contribution >= 0.6 is 0 Å². The van der Waals surface area contributed by atoms with Gasteiger partial charge < -0.3 is 19.1 Å². The SMILES string of the molecule is Cc1cc(COc2c(C)cccc2-c2cccc(N3C[C@@H]4OC(=O)[C@H]4C3)n2)cc2c1CN(C1CCOCC1)CC2. The summed E-state index contributed by atoms with van der Waals surface area (Å²) in [5.41, 5.74) is 8.46. The maximum atomic E-state index is 11.7. The lowest BCUT2D eigenvalue weighted by Gasteiger charge is -2.38. The number of fused-ring (bicyclic) bond motifs is 2. The zero-order chi connectivity index (χ0) is 27.2. The van der Waals surface area contributed by atoms with Gasteiger partial charge in [0, 0.05) is 44.5 Å². The largest absolute Gasteiger partial charge is 0.488 e. The van der Waals surface area contributed by atoms with Gasteiger partial charge in [0.2, 0.25) is 0 Å². The van der Waals surface area contributed by atoms with E-state index >= 15 is 0 Å². The molecule has 0 amide bonds. The van der Waals surface area contributed by atoms with Crippen molar-refractivity contribution in [1.82, 2.24) is 9.88 Å². The van der Waals surface area contributed by atoms with E-state index in [1.165, 1.54) is 22.3 Å². The summed E-state index contributed by atoms with van der Waals surface area (Å²) in [5, 5.41) is 0. The Balaban J connectivity index is 1.09. The van der Waals surface area contributed by atoms with Gasteiger partial charge in [-0.25, -0.2) is 4.98 Å². The Morgan fingerprint density at radius 2 is 1.88 bits per heavy atom. The number of aryl methyl sites for hydroxylation is 2. The molecule has 4 aliphatic heterocycles. The number of esters is 1. The number of aromatic nitrogens is 1. The fourth-order valence-corrected chi connectivity index (χ4v) is 6.83. The molecule has 0 saturated carbocycles. The lowest BCUT2D eigenvalue weighted by atomic mass is 9.91. The number of nitrogens with zero attached hydrogens (tertiary/aromatic N) is 3. The first-order valence-electron chi connectivity index (χ1n) is 14.6. The first-order valence-corrected chi connectivity index (χ1v) is 14.6. The highest BCUT2D eigenvalue weighted by Gasteiger charge is 2.49. The predicted octanol–water partition coefficient (Wildman–Crippen LogP) is 4.84. The van der Waals surface area contributed by atoms with Crippen LogP contribution in [-0.4, -0.2) is 60.8 Å². The molecule has 40 heavy (non-hydrogen) atoms. The number of benzene rings is 2. The highest BCUT2D eigenvalue weighted by molar-refractivity contribution is 5.81. The van der Waals surface area contributed by atoms with Gasteiger partial charge in [-0.1, -0.05) is 30.3 Å². The summed E-state index contributed by atoms with van der Waals surface area (Å²) in [6, 6.07) is 17.6. The van der Waals surface area contributed by atoms with Crippen LogP contribution in [0.5, 0.6) is 5.75 Å². The second-order valence-electron chi connectivity index (χ2n) is 11.7. The lowest BCUT2D eigenvalue weighted by molar-refractivity contribution is -0.177. The van der Waals surface area contributed by atoms with Crippen LogP contribution in [0.3, 0.4) is 0 Å². The quantitative estimate of drug-likeness (QED) is 0.415. The Morgan fingerprint density at radius 3 is 2.70 bits per heavy atom. The first-order chi connectivity index (χ1) is 19.5. The summed E-state index contributed by atoms with van der Waals surface area (Å²) in [4.78, 5) is 21.5. The van der Waals surface area contributed by atoms with Gasteiger partial charge in [0.15, 0.2) is 0 Å². The molecule has 208 valence electrons. The third-order valence-corrected chi connectivity index (χ3v) is 9.13. The molecule has 7 nitrogen and oxygen atoms in total. The number of carbonyl (C=O) groups excluding carboxylic acids is 1. The van der Waals surface area contributed by atoms with Crippen molar-refractivity contribution in [2.24, 2.45) is 5.92 Å². The van der Waals surface area contributed by atoms with Crippen LogP contribution in [0, 0.1) is 19.8 Å². The number of carbonyl (C=O) groups is 1. The van der Waals surface area contributed by atoms with Gasteiger partial charge in [0.25, 0.3) is 0 Å². The van der Waals surface area contributed by atoms with Crippen LogP contribution < -0.4 is 9.64 Å².